The third-order valence-corrected chi connectivity index (χ3v) is 4.44. The van der Waals surface area contributed by atoms with Crippen molar-refractivity contribution in [1.82, 2.24) is 5.32 Å². The maximum absolute atomic E-state index is 5.56. The summed E-state index contributed by atoms with van der Waals surface area (Å²) < 4.78 is 0.406. The van der Waals surface area contributed by atoms with E-state index in [4.69, 9.17) is 5.73 Å². The second-order valence-electron chi connectivity index (χ2n) is 3.61. The van der Waals surface area contributed by atoms with Crippen molar-refractivity contribution >= 4 is 11.8 Å². The van der Waals surface area contributed by atoms with Gasteiger partial charge in [-0.1, -0.05) is 13.8 Å². The molecule has 3 heteroatoms. The zero-order valence-corrected chi connectivity index (χ0v) is 10.2. The highest BCUT2D eigenvalue weighted by Gasteiger charge is 2.24. The van der Waals surface area contributed by atoms with Gasteiger partial charge in [0.1, 0.15) is 0 Å². The highest BCUT2D eigenvalue weighted by atomic mass is 32.2. The van der Waals surface area contributed by atoms with Crippen LogP contribution in [0.15, 0.2) is 0 Å². The van der Waals surface area contributed by atoms with Crippen LogP contribution in [0.4, 0.5) is 0 Å². The number of hydrogen-bond donors (Lipinski definition) is 2. The third-order valence-electron chi connectivity index (χ3n) is 2.85. The number of hydrogen-bond acceptors (Lipinski definition) is 3. The van der Waals surface area contributed by atoms with Crippen molar-refractivity contribution in [3.8, 4) is 0 Å². The van der Waals surface area contributed by atoms with Crippen molar-refractivity contribution in [1.29, 1.82) is 0 Å². The first kappa shape index (κ1) is 13.3. The van der Waals surface area contributed by atoms with Gasteiger partial charge in [0.05, 0.1) is 0 Å². The van der Waals surface area contributed by atoms with Gasteiger partial charge in [0.15, 0.2) is 0 Å². The Labute approximate surface area is 87.0 Å². The summed E-state index contributed by atoms with van der Waals surface area (Å²) in [5.41, 5.74) is 5.56. The van der Waals surface area contributed by atoms with E-state index in [0.717, 1.165) is 13.1 Å². The van der Waals surface area contributed by atoms with E-state index in [-0.39, 0.29) is 0 Å². The topological polar surface area (TPSA) is 38.0 Å². The Morgan fingerprint density at radius 2 is 1.92 bits per heavy atom. The SMILES string of the molecule is CCC(CC)(CNC(C)CN)SC. The average Bonchev–Trinajstić information content (AvgIpc) is 2.20. The quantitative estimate of drug-likeness (QED) is 0.664. The van der Waals surface area contributed by atoms with Crippen LogP contribution in [-0.4, -0.2) is 30.1 Å². The Morgan fingerprint density at radius 3 is 2.23 bits per heavy atom. The van der Waals surface area contributed by atoms with Gasteiger partial charge < -0.3 is 11.1 Å². The van der Waals surface area contributed by atoms with Crippen molar-refractivity contribution in [2.45, 2.75) is 44.4 Å². The van der Waals surface area contributed by atoms with Crippen LogP contribution in [-0.2, 0) is 0 Å². The minimum absolute atomic E-state index is 0.406. The van der Waals surface area contributed by atoms with Crippen LogP contribution in [0.2, 0.25) is 0 Å². The first-order valence-electron chi connectivity index (χ1n) is 5.12. The molecule has 1 atom stereocenters. The summed E-state index contributed by atoms with van der Waals surface area (Å²) in [5, 5.41) is 3.48. The summed E-state index contributed by atoms with van der Waals surface area (Å²) in [7, 11) is 0. The van der Waals surface area contributed by atoms with Crippen LogP contribution >= 0.6 is 11.8 Å². The fourth-order valence-electron chi connectivity index (χ4n) is 1.30. The summed E-state index contributed by atoms with van der Waals surface area (Å²) in [6, 6.07) is 0.435. The molecule has 0 aromatic rings. The van der Waals surface area contributed by atoms with Crippen molar-refractivity contribution in [3.05, 3.63) is 0 Å². The monoisotopic (exact) mass is 204 g/mol. The van der Waals surface area contributed by atoms with Crippen molar-refractivity contribution in [2.24, 2.45) is 5.73 Å². The van der Waals surface area contributed by atoms with Crippen LogP contribution in [0.3, 0.4) is 0 Å². The van der Waals surface area contributed by atoms with E-state index in [2.05, 4.69) is 32.3 Å². The van der Waals surface area contributed by atoms with Gasteiger partial charge in [0.2, 0.25) is 0 Å². The van der Waals surface area contributed by atoms with Gasteiger partial charge in [-0.05, 0) is 26.0 Å². The van der Waals surface area contributed by atoms with Crippen molar-refractivity contribution < 1.29 is 0 Å². The summed E-state index contributed by atoms with van der Waals surface area (Å²) >= 11 is 1.97. The molecule has 0 aromatic carbocycles. The van der Waals surface area contributed by atoms with Crippen molar-refractivity contribution in [3.63, 3.8) is 0 Å². The van der Waals surface area contributed by atoms with E-state index < -0.39 is 0 Å². The molecule has 0 radical (unpaired) electrons. The van der Waals surface area contributed by atoms with E-state index in [1.165, 1.54) is 12.8 Å². The fourth-order valence-corrected chi connectivity index (χ4v) is 2.11. The molecule has 0 amide bonds. The lowest BCUT2D eigenvalue weighted by atomic mass is 10.0. The minimum Gasteiger partial charge on any atom is -0.329 e. The standard InChI is InChI=1S/C10H24N2S/c1-5-10(6-2,13-4)8-12-9(3)7-11/h9,12H,5-8,11H2,1-4H3. The van der Waals surface area contributed by atoms with Crippen LogP contribution in [0.1, 0.15) is 33.6 Å². The molecule has 0 saturated heterocycles. The van der Waals surface area contributed by atoms with E-state index in [1.54, 1.807) is 0 Å². The maximum atomic E-state index is 5.56. The minimum atomic E-state index is 0.406. The van der Waals surface area contributed by atoms with Gasteiger partial charge >= 0.3 is 0 Å². The molecule has 0 heterocycles. The number of nitrogens with two attached hydrogens (primary N) is 1. The molecule has 0 rings (SSSR count). The summed E-state index contributed by atoms with van der Waals surface area (Å²) in [6.07, 6.45) is 4.63. The smallest absolute Gasteiger partial charge is 0.0276 e. The Bertz CT molecular complexity index is 116. The predicted molar refractivity (Wildman–Crippen MR) is 63.3 cm³/mol. The largest absolute Gasteiger partial charge is 0.329 e. The molecule has 0 aliphatic rings. The first-order valence-corrected chi connectivity index (χ1v) is 6.35. The summed E-state index contributed by atoms with van der Waals surface area (Å²) in [4.78, 5) is 0. The highest BCUT2D eigenvalue weighted by molar-refractivity contribution is 8.00. The summed E-state index contributed by atoms with van der Waals surface area (Å²) in [6.45, 7) is 8.44. The number of nitrogens with one attached hydrogen (secondary N) is 1. The Kier molecular flexibility index (Phi) is 6.82. The Morgan fingerprint density at radius 1 is 1.38 bits per heavy atom. The van der Waals surface area contributed by atoms with E-state index in [0.29, 0.717) is 10.8 Å². The van der Waals surface area contributed by atoms with E-state index in [1.807, 2.05) is 11.8 Å². The number of thioether (sulfide) groups is 1. The van der Waals surface area contributed by atoms with E-state index >= 15 is 0 Å². The Hall–Kier alpha value is 0.270. The van der Waals surface area contributed by atoms with Crippen molar-refractivity contribution in [2.75, 3.05) is 19.3 Å². The molecule has 2 nitrogen and oxygen atoms in total. The Balaban J connectivity index is 3.95. The molecule has 0 spiro atoms. The van der Waals surface area contributed by atoms with Crippen LogP contribution in [0, 0.1) is 0 Å². The van der Waals surface area contributed by atoms with Gasteiger partial charge in [-0.2, -0.15) is 11.8 Å². The number of rotatable bonds is 7. The predicted octanol–water partition coefficient (Wildman–Crippen LogP) is 1.84. The lowest BCUT2D eigenvalue weighted by molar-refractivity contribution is 0.456. The average molecular weight is 204 g/mol. The van der Waals surface area contributed by atoms with Crippen LogP contribution < -0.4 is 11.1 Å². The van der Waals surface area contributed by atoms with Gasteiger partial charge in [-0.3, -0.25) is 0 Å². The first-order chi connectivity index (χ1) is 6.14. The lowest BCUT2D eigenvalue weighted by Crippen LogP contribution is -2.43. The molecule has 0 aliphatic heterocycles. The van der Waals surface area contributed by atoms with Crippen LogP contribution in [0.5, 0.6) is 0 Å². The van der Waals surface area contributed by atoms with E-state index in [9.17, 15) is 0 Å². The lowest BCUT2D eigenvalue weighted by Gasteiger charge is -2.31. The molecule has 80 valence electrons. The van der Waals surface area contributed by atoms with Gasteiger partial charge in [0.25, 0.3) is 0 Å². The second-order valence-corrected chi connectivity index (χ2v) is 4.89. The molecule has 0 aromatic heterocycles. The van der Waals surface area contributed by atoms with Gasteiger partial charge in [0, 0.05) is 23.9 Å². The highest BCUT2D eigenvalue weighted by Crippen LogP contribution is 2.29. The van der Waals surface area contributed by atoms with Gasteiger partial charge in [-0.15, -0.1) is 0 Å². The molecular formula is C10H24N2S. The second kappa shape index (κ2) is 6.68. The van der Waals surface area contributed by atoms with Gasteiger partial charge in [-0.25, -0.2) is 0 Å². The fraction of sp³-hybridized carbons (Fsp3) is 1.00. The molecule has 3 N–H and O–H groups in total. The zero-order chi connectivity index (χ0) is 10.3. The maximum Gasteiger partial charge on any atom is 0.0276 e. The molecule has 0 aliphatic carbocycles. The molecule has 0 bridgehead atoms. The summed E-state index contributed by atoms with van der Waals surface area (Å²) in [5.74, 6) is 0. The molecule has 0 saturated carbocycles. The molecular weight excluding hydrogens is 180 g/mol. The molecule has 0 fully saturated rings. The third kappa shape index (κ3) is 4.34. The zero-order valence-electron chi connectivity index (χ0n) is 9.39. The normalized spacial score (nSPS) is 14.5. The molecule has 1 unspecified atom stereocenters. The molecule has 13 heavy (non-hydrogen) atoms. The van der Waals surface area contributed by atoms with Crippen LogP contribution in [0.25, 0.3) is 0 Å².